The van der Waals surface area contributed by atoms with Crippen molar-refractivity contribution in [3.05, 3.63) is 63.7 Å². The fourth-order valence-corrected chi connectivity index (χ4v) is 4.17. The summed E-state index contributed by atoms with van der Waals surface area (Å²) in [5.41, 5.74) is 3.12. The zero-order valence-electron chi connectivity index (χ0n) is 15.4. The van der Waals surface area contributed by atoms with Gasteiger partial charge in [0.1, 0.15) is 5.01 Å². The third kappa shape index (κ3) is 4.05. The molecule has 0 bridgehead atoms. The molecule has 0 N–H and O–H groups in total. The zero-order valence-corrected chi connectivity index (χ0v) is 16.2. The monoisotopic (exact) mass is 378 g/mol. The molecule has 27 heavy (non-hydrogen) atoms. The summed E-state index contributed by atoms with van der Waals surface area (Å²) in [5, 5.41) is 2.92. The average Bonchev–Trinajstić information content (AvgIpc) is 3.20. The minimum absolute atomic E-state index is 0.138. The van der Waals surface area contributed by atoms with Crippen LogP contribution in [-0.4, -0.2) is 58.9 Å². The minimum atomic E-state index is 0.138. The SMILES string of the molecule is CN1CN(Cc2nccs2)C(=O)C2=C1CCN(CC#Cc1ccccc1)C2. The summed E-state index contributed by atoms with van der Waals surface area (Å²) in [6.07, 6.45) is 2.69. The fraction of sp³-hybridized carbons (Fsp3) is 0.333. The highest BCUT2D eigenvalue weighted by Gasteiger charge is 2.33. The number of thiazole rings is 1. The van der Waals surface area contributed by atoms with E-state index in [1.54, 1.807) is 17.5 Å². The van der Waals surface area contributed by atoms with Crippen molar-refractivity contribution in [3.8, 4) is 11.8 Å². The Morgan fingerprint density at radius 1 is 1.26 bits per heavy atom. The molecule has 1 amide bonds. The van der Waals surface area contributed by atoms with Crippen molar-refractivity contribution < 1.29 is 4.79 Å². The standard InChI is InChI=1S/C21H22N4OS/c1-23-16-25(15-20-22-10-13-27-20)21(26)18-14-24(12-9-19(18)23)11-5-8-17-6-3-2-4-7-17/h2-4,6-7,10,13H,9,11-12,14-16H2,1H3. The number of amides is 1. The van der Waals surface area contributed by atoms with E-state index in [9.17, 15) is 4.79 Å². The highest BCUT2D eigenvalue weighted by Crippen LogP contribution is 2.27. The van der Waals surface area contributed by atoms with E-state index in [4.69, 9.17) is 0 Å². The highest BCUT2D eigenvalue weighted by atomic mass is 32.1. The number of hydrogen-bond acceptors (Lipinski definition) is 5. The number of hydrogen-bond donors (Lipinski definition) is 0. The zero-order chi connectivity index (χ0) is 18.6. The van der Waals surface area contributed by atoms with Crippen LogP contribution in [0.4, 0.5) is 0 Å². The third-order valence-corrected chi connectivity index (χ3v) is 5.67. The smallest absolute Gasteiger partial charge is 0.254 e. The summed E-state index contributed by atoms with van der Waals surface area (Å²) >= 11 is 1.59. The van der Waals surface area contributed by atoms with Gasteiger partial charge < -0.3 is 9.80 Å². The molecule has 5 nitrogen and oxygen atoms in total. The Morgan fingerprint density at radius 2 is 2.11 bits per heavy atom. The van der Waals surface area contributed by atoms with Gasteiger partial charge in [-0.3, -0.25) is 9.69 Å². The second kappa shape index (κ2) is 7.95. The van der Waals surface area contributed by atoms with Gasteiger partial charge in [0.25, 0.3) is 5.91 Å². The van der Waals surface area contributed by atoms with Gasteiger partial charge in [-0.1, -0.05) is 30.0 Å². The normalized spacial score (nSPS) is 17.6. The number of carbonyl (C=O) groups is 1. The van der Waals surface area contributed by atoms with Crippen LogP contribution in [0.5, 0.6) is 0 Å². The maximum Gasteiger partial charge on any atom is 0.254 e. The van der Waals surface area contributed by atoms with Crippen molar-refractivity contribution in [1.29, 1.82) is 0 Å². The van der Waals surface area contributed by atoms with Crippen LogP contribution in [0.25, 0.3) is 0 Å². The van der Waals surface area contributed by atoms with Crippen molar-refractivity contribution in [2.45, 2.75) is 13.0 Å². The Morgan fingerprint density at radius 3 is 2.89 bits per heavy atom. The molecular formula is C21H22N4OS. The molecule has 3 heterocycles. The van der Waals surface area contributed by atoms with Crippen LogP contribution in [-0.2, 0) is 11.3 Å². The molecule has 4 rings (SSSR count). The Balaban J connectivity index is 1.44. The highest BCUT2D eigenvalue weighted by molar-refractivity contribution is 7.09. The van der Waals surface area contributed by atoms with Gasteiger partial charge in [0, 0.05) is 49.4 Å². The van der Waals surface area contributed by atoms with Crippen LogP contribution in [0.3, 0.4) is 0 Å². The topological polar surface area (TPSA) is 39.7 Å². The molecule has 138 valence electrons. The second-order valence-corrected chi connectivity index (χ2v) is 7.80. The lowest BCUT2D eigenvalue weighted by Crippen LogP contribution is -2.50. The van der Waals surface area contributed by atoms with Crippen LogP contribution in [0.15, 0.2) is 53.2 Å². The molecule has 2 aliphatic heterocycles. The second-order valence-electron chi connectivity index (χ2n) is 6.82. The van der Waals surface area contributed by atoms with Crippen LogP contribution in [0.1, 0.15) is 17.0 Å². The lowest BCUT2D eigenvalue weighted by Gasteiger charge is -2.41. The van der Waals surface area contributed by atoms with E-state index in [1.807, 2.05) is 40.6 Å². The molecule has 0 unspecified atom stereocenters. The molecule has 2 aromatic rings. The molecule has 0 spiro atoms. The van der Waals surface area contributed by atoms with Crippen molar-refractivity contribution in [3.63, 3.8) is 0 Å². The van der Waals surface area contributed by atoms with E-state index in [0.29, 0.717) is 26.3 Å². The Bertz CT molecular complexity index is 895. The van der Waals surface area contributed by atoms with Gasteiger partial charge in [-0.2, -0.15) is 0 Å². The summed E-state index contributed by atoms with van der Waals surface area (Å²) in [4.78, 5) is 23.7. The molecule has 0 radical (unpaired) electrons. The van der Waals surface area contributed by atoms with Crippen LogP contribution < -0.4 is 0 Å². The predicted octanol–water partition coefficient (Wildman–Crippen LogP) is 2.39. The quantitative estimate of drug-likeness (QED) is 0.769. The van der Waals surface area contributed by atoms with Gasteiger partial charge in [0.2, 0.25) is 0 Å². The molecule has 0 fully saturated rings. The van der Waals surface area contributed by atoms with Gasteiger partial charge in [-0.05, 0) is 12.1 Å². The first-order valence-electron chi connectivity index (χ1n) is 9.08. The number of rotatable bonds is 3. The molecule has 1 aromatic carbocycles. The van der Waals surface area contributed by atoms with Gasteiger partial charge in [0.15, 0.2) is 0 Å². The maximum absolute atomic E-state index is 13.0. The molecule has 0 saturated carbocycles. The molecule has 0 atom stereocenters. The predicted molar refractivity (Wildman–Crippen MR) is 107 cm³/mol. The van der Waals surface area contributed by atoms with E-state index >= 15 is 0 Å². The van der Waals surface area contributed by atoms with E-state index in [1.165, 1.54) is 5.70 Å². The summed E-state index contributed by atoms with van der Waals surface area (Å²) in [6.45, 7) is 3.48. The van der Waals surface area contributed by atoms with E-state index in [0.717, 1.165) is 29.1 Å². The molecule has 1 aromatic heterocycles. The lowest BCUT2D eigenvalue weighted by molar-refractivity contribution is -0.131. The Hall–Kier alpha value is -2.62. The summed E-state index contributed by atoms with van der Waals surface area (Å²) < 4.78 is 0. The largest absolute Gasteiger partial charge is 0.360 e. The van der Waals surface area contributed by atoms with Gasteiger partial charge >= 0.3 is 0 Å². The van der Waals surface area contributed by atoms with Crippen molar-refractivity contribution in [1.82, 2.24) is 19.7 Å². The van der Waals surface area contributed by atoms with Crippen LogP contribution in [0, 0.1) is 11.8 Å². The Kier molecular flexibility index (Phi) is 5.23. The fourth-order valence-electron chi connectivity index (χ4n) is 3.54. The minimum Gasteiger partial charge on any atom is -0.360 e. The third-order valence-electron chi connectivity index (χ3n) is 4.90. The van der Waals surface area contributed by atoms with E-state index in [-0.39, 0.29) is 5.91 Å². The van der Waals surface area contributed by atoms with Crippen LogP contribution in [0.2, 0.25) is 0 Å². The molecule has 6 heteroatoms. The lowest BCUT2D eigenvalue weighted by atomic mass is 10.0. The number of aromatic nitrogens is 1. The first-order valence-corrected chi connectivity index (χ1v) is 9.96. The van der Waals surface area contributed by atoms with Crippen molar-refractivity contribution in [2.24, 2.45) is 0 Å². The number of carbonyl (C=O) groups excluding carboxylic acids is 1. The summed E-state index contributed by atoms with van der Waals surface area (Å²) in [7, 11) is 2.07. The van der Waals surface area contributed by atoms with Crippen molar-refractivity contribution >= 4 is 17.2 Å². The van der Waals surface area contributed by atoms with Crippen LogP contribution >= 0.6 is 11.3 Å². The maximum atomic E-state index is 13.0. The molecule has 2 aliphatic rings. The summed E-state index contributed by atoms with van der Waals surface area (Å²) in [6, 6.07) is 10.0. The number of nitrogens with zero attached hydrogens (tertiary/aromatic N) is 4. The Labute approximate surface area is 163 Å². The van der Waals surface area contributed by atoms with Crippen molar-refractivity contribution in [2.75, 3.05) is 33.4 Å². The number of benzene rings is 1. The van der Waals surface area contributed by atoms with E-state index in [2.05, 4.69) is 33.7 Å². The average molecular weight is 379 g/mol. The molecular weight excluding hydrogens is 356 g/mol. The molecule has 0 aliphatic carbocycles. The van der Waals surface area contributed by atoms with E-state index < -0.39 is 0 Å². The first-order chi connectivity index (χ1) is 13.2. The van der Waals surface area contributed by atoms with Gasteiger partial charge in [-0.25, -0.2) is 4.98 Å². The van der Waals surface area contributed by atoms with Gasteiger partial charge in [-0.15, -0.1) is 11.3 Å². The summed E-state index contributed by atoms with van der Waals surface area (Å²) in [5.74, 6) is 6.59. The first kappa shape index (κ1) is 17.8. The van der Waals surface area contributed by atoms with Gasteiger partial charge in [0.05, 0.1) is 25.3 Å². The molecule has 0 saturated heterocycles.